The Morgan fingerprint density at radius 2 is 1.92 bits per heavy atom. The molecule has 1 fully saturated rings. The number of benzene rings is 2. The second-order valence-electron chi connectivity index (χ2n) is 6.47. The van der Waals surface area contributed by atoms with Crippen LogP contribution in [0.1, 0.15) is 24.8 Å². The maximum absolute atomic E-state index is 9.62. The number of pyridine rings is 1. The van der Waals surface area contributed by atoms with E-state index in [9.17, 15) is 5.11 Å². The number of rotatable bonds is 3. The zero-order valence-electron chi connectivity index (χ0n) is 14.2. The molecule has 4 rings (SSSR count). The Balaban J connectivity index is 1.60. The summed E-state index contributed by atoms with van der Waals surface area (Å²) in [7, 11) is 0. The molecule has 0 amide bonds. The zero-order chi connectivity index (χ0) is 17.2. The first-order chi connectivity index (χ1) is 12.2. The van der Waals surface area contributed by atoms with Crippen molar-refractivity contribution in [1.29, 1.82) is 0 Å². The quantitative estimate of drug-likeness (QED) is 0.745. The lowest BCUT2D eigenvalue weighted by Crippen LogP contribution is -2.24. The van der Waals surface area contributed by atoms with E-state index < -0.39 is 0 Å². The molecule has 4 heteroatoms. The summed E-state index contributed by atoms with van der Waals surface area (Å²) in [5.74, 6) is 1.08. The van der Waals surface area contributed by atoms with Gasteiger partial charge in [0.25, 0.3) is 0 Å². The van der Waals surface area contributed by atoms with Crippen LogP contribution in [0.5, 0.6) is 11.5 Å². The average Bonchev–Trinajstić information content (AvgIpc) is 2.63. The molecular weight excluding hydrogens is 314 g/mol. The molecule has 1 unspecified atom stereocenters. The molecule has 0 radical (unpaired) electrons. The van der Waals surface area contributed by atoms with E-state index in [1.807, 2.05) is 37.3 Å². The van der Waals surface area contributed by atoms with Crippen LogP contribution in [-0.4, -0.2) is 23.0 Å². The lowest BCUT2D eigenvalue weighted by atomic mass is 10.0. The van der Waals surface area contributed by atoms with E-state index in [1.165, 1.54) is 0 Å². The molecule has 0 bridgehead atoms. The second kappa shape index (κ2) is 6.73. The predicted molar refractivity (Wildman–Crippen MR) is 97.8 cm³/mol. The van der Waals surface area contributed by atoms with E-state index in [1.54, 1.807) is 12.1 Å². The van der Waals surface area contributed by atoms with Crippen LogP contribution in [0.4, 0.5) is 0 Å². The van der Waals surface area contributed by atoms with E-state index in [4.69, 9.17) is 14.5 Å². The Morgan fingerprint density at radius 1 is 1.08 bits per heavy atom. The summed E-state index contributed by atoms with van der Waals surface area (Å²) < 4.78 is 11.5. The molecule has 128 valence electrons. The Morgan fingerprint density at radius 3 is 2.68 bits per heavy atom. The maximum atomic E-state index is 9.62. The second-order valence-corrected chi connectivity index (χ2v) is 6.47. The van der Waals surface area contributed by atoms with Crippen molar-refractivity contribution >= 4 is 10.9 Å². The van der Waals surface area contributed by atoms with Crippen molar-refractivity contribution in [3.63, 3.8) is 0 Å². The molecule has 0 spiro atoms. The Labute approximate surface area is 147 Å². The number of aromatic nitrogens is 1. The minimum atomic E-state index is -0.132. The summed E-state index contributed by atoms with van der Waals surface area (Å²) in [6, 6.07) is 15.3. The van der Waals surface area contributed by atoms with Crippen LogP contribution in [-0.2, 0) is 4.74 Å². The van der Waals surface area contributed by atoms with Gasteiger partial charge in [-0.15, -0.1) is 0 Å². The standard InChI is InChI=1S/C21H21NO3/c1-14-12-16-13-17(23)7-10-19(16)22-21(14)15-5-8-18(9-6-15)25-20-4-2-3-11-24-20/h5-10,12-13,20,23H,2-4,11H2,1H3. The lowest BCUT2D eigenvalue weighted by molar-refractivity contribution is -0.105. The normalized spacial score (nSPS) is 17.6. The Bertz CT molecular complexity index is 884. The molecule has 0 aliphatic carbocycles. The Kier molecular flexibility index (Phi) is 4.28. The van der Waals surface area contributed by atoms with Crippen molar-refractivity contribution in [2.75, 3.05) is 6.61 Å². The number of phenolic OH excluding ortho intramolecular Hbond substituents is 1. The highest BCUT2D eigenvalue weighted by Crippen LogP contribution is 2.29. The van der Waals surface area contributed by atoms with Crippen LogP contribution in [0.2, 0.25) is 0 Å². The summed E-state index contributed by atoms with van der Waals surface area (Å²) in [5, 5.41) is 10.6. The number of aromatic hydroxyl groups is 1. The van der Waals surface area contributed by atoms with Crippen LogP contribution in [0, 0.1) is 6.92 Å². The van der Waals surface area contributed by atoms with E-state index in [2.05, 4.69) is 6.07 Å². The van der Waals surface area contributed by atoms with Gasteiger partial charge in [0.2, 0.25) is 0 Å². The van der Waals surface area contributed by atoms with Crippen LogP contribution in [0.25, 0.3) is 22.2 Å². The van der Waals surface area contributed by atoms with Crippen molar-refractivity contribution in [2.24, 2.45) is 0 Å². The summed E-state index contributed by atoms with van der Waals surface area (Å²) in [6.45, 7) is 2.81. The van der Waals surface area contributed by atoms with Gasteiger partial charge in [0.15, 0.2) is 6.29 Å². The highest BCUT2D eigenvalue weighted by atomic mass is 16.7. The summed E-state index contributed by atoms with van der Waals surface area (Å²) >= 11 is 0. The number of hydrogen-bond donors (Lipinski definition) is 1. The van der Waals surface area contributed by atoms with Gasteiger partial charge < -0.3 is 14.6 Å². The van der Waals surface area contributed by atoms with E-state index in [0.29, 0.717) is 0 Å². The largest absolute Gasteiger partial charge is 0.508 e. The molecule has 25 heavy (non-hydrogen) atoms. The van der Waals surface area contributed by atoms with Gasteiger partial charge in [0.05, 0.1) is 17.8 Å². The van der Waals surface area contributed by atoms with Crippen LogP contribution in [0.15, 0.2) is 48.5 Å². The van der Waals surface area contributed by atoms with Crippen molar-refractivity contribution in [3.8, 4) is 22.8 Å². The number of hydrogen-bond acceptors (Lipinski definition) is 4. The number of aryl methyl sites for hydroxylation is 1. The van der Waals surface area contributed by atoms with Gasteiger partial charge in [-0.1, -0.05) is 0 Å². The highest BCUT2D eigenvalue weighted by Gasteiger charge is 2.15. The van der Waals surface area contributed by atoms with E-state index in [-0.39, 0.29) is 12.0 Å². The fourth-order valence-electron chi connectivity index (χ4n) is 3.21. The number of fused-ring (bicyclic) bond motifs is 1. The van der Waals surface area contributed by atoms with Crippen molar-refractivity contribution in [2.45, 2.75) is 32.5 Å². The van der Waals surface area contributed by atoms with Crippen molar-refractivity contribution in [1.82, 2.24) is 4.98 Å². The molecule has 1 aromatic heterocycles. The number of phenols is 1. The molecule has 2 heterocycles. The molecule has 1 atom stereocenters. The topological polar surface area (TPSA) is 51.6 Å². The van der Waals surface area contributed by atoms with Gasteiger partial charge in [-0.2, -0.15) is 0 Å². The summed E-state index contributed by atoms with van der Waals surface area (Å²) in [6.07, 6.45) is 3.08. The fraction of sp³-hybridized carbons (Fsp3) is 0.286. The molecule has 1 N–H and O–H groups in total. The molecule has 0 saturated carbocycles. The van der Waals surface area contributed by atoms with Gasteiger partial charge >= 0.3 is 0 Å². The smallest absolute Gasteiger partial charge is 0.199 e. The number of ether oxygens (including phenoxy) is 2. The fourth-order valence-corrected chi connectivity index (χ4v) is 3.21. The average molecular weight is 335 g/mol. The van der Waals surface area contributed by atoms with Crippen molar-refractivity contribution < 1.29 is 14.6 Å². The molecule has 1 aliphatic rings. The lowest BCUT2D eigenvalue weighted by Gasteiger charge is -2.23. The van der Waals surface area contributed by atoms with Gasteiger partial charge in [0, 0.05) is 17.4 Å². The zero-order valence-corrected chi connectivity index (χ0v) is 14.2. The summed E-state index contributed by atoms with van der Waals surface area (Å²) in [5.41, 5.74) is 3.93. The van der Waals surface area contributed by atoms with Crippen LogP contribution >= 0.6 is 0 Å². The van der Waals surface area contributed by atoms with Crippen molar-refractivity contribution in [3.05, 3.63) is 54.1 Å². The number of nitrogens with zero attached hydrogens (tertiary/aromatic N) is 1. The predicted octanol–water partition coefficient (Wildman–Crippen LogP) is 4.82. The minimum Gasteiger partial charge on any atom is -0.508 e. The minimum absolute atomic E-state index is 0.132. The molecule has 2 aromatic carbocycles. The first-order valence-corrected chi connectivity index (χ1v) is 8.68. The molecule has 3 aromatic rings. The third kappa shape index (κ3) is 3.44. The molecule has 1 aliphatic heterocycles. The monoisotopic (exact) mass is 335 g/mol. The van der Waals surface area contributed by atoms with Gasteiger partial charge in [-0.25, -0.2) is 4.98 Å². The third-order valence-electron chi connectivity index (χ3n) is 4.52. The van der Waals surface area contributed by atoms with Gasteiger partial charge in [-0.3, -0.25) is 0 Å². The van der Waals surface area contributed by atoms with Gasteiger partial charge in [-0.05, 0) is 73.9 Å². The van der Waals surface area contributed by atoms with E-state index in [0.717, 1.165) is 59.3 Å². The molecular formula is C21H21NO3. The molecule has 4 nitrogen and oxygen atoms in total. The van der Waals surface area contributed by atoms with E-state index >= 15 is 0 Å². The first-order valence-electron chi connectivity index (χ1n) is 8.68. The maximum Gasteiger partial charge on any atom is 0.199 e. The van der Waals surface area contributed by atoms with Gasteiger partial charge in [0.1, 0.15) is 11.5 Å². The first kappa shape index (κ1) is 15.9. The van der Waals surface area contributed by atoms with Crippen LogP contribution in [0.3, 0.4) is 0 Å². The third-order valence-corrected chi connectivity index (χ3v) is 4.52. The SMILES string of the molecule is Cc1cc2cc(O)ccc2nc1-c1ccc(OC2CCCCO2)cc1. The van der Waals surface area contributed by atoms with Crippen LogP contribution < -0.4 is 4.74 Å². The Hall–Kier alpha value is -2.59. The highest BCUT2D eigenvalue weighted by molar-refractivity contribution is 5.84. The molecule has 1 saturated heterocycles. The summed E-state index contributed by atoms with van der Waals surface area (Å²) in [4.78, 5) is 4.75.